The number of thiazole rings is 1. The summed E-state index contributed by atoms with van der Waals surface area (Å²) >= 11 is 5.11. The van der Waals surface area contributed by atoms with Crippen molar-refractivity contribution < 1.29 is 4.79 Å². The summed E-state index contributed by atoms with van der Waals surface area (Å²) in [6, 6.07) is 17.8. The smallest absolute Gasteiger partial charge is 0.193 e. The van der Waals surface area contributed by atoms with Gasteiger partial charge in [-0.15, -0.1) is 11.3 Å². The van der Waals surface area contributed by atoms with Gasteiger partial charge >= 0.3 is 0 Å². The molecule has 0 radical (unpaired) electrons. The van der Waals surface area contributed by atoms with Crippen molar-refractivity contribution in [1.29, 1.82) is 0 Å². The molecule has 2 aliphatic rings. The Balaban J connectivity index is 1.87. The Labute approximate surface area is 171 Å². The summed E-state index contributed by atoms with van der Waals surface area (Å²) in [4.78, 5) is 18.0. The SMILES string of the molecule is Cc1csc(Cc2c3cccccc-3c(C(=O)c3ccc(Br)cc3)c2C)n1. The highest BCUT2D eigenvalue weighted by Gasteiger charge is 2.25. The molecule has 0 aliphatic heterocycles. The molecule has 4 rings (SSSR count). The van der Waals surface area contributed by atoms with Crippen molar-refractivity contribution >= 4 is 33.0 Å². The van der Waals surface area contributed by atoms with E-state index in [4.69, 9.17) is 0 Å². The number of fused-ring (bicyclic) bond motifs is 1. The number of aryl methyl sites for hydroxylation is 1. The zero-order valence-electron chi connectivity index (χ0n) is 15.1. The molecule has 1 aromatic carbocycles. The van der Waals surface area contributed by atoms with Crippen LogP contribution in [0, 0.1) is 13.8 Å². The molecule has 2 nitrogen and oxygen atoms in total. The van der Waals surface area contributed by atoms with E-state index < -0.39 is 0 Å². The van der Waals surface area contributed by atoms with E-state index in [0.717, 1.165) is 43.8 Å². The first-order valence-electron chi connectivity index (χ1n) is 8.76. The van der Waals surface area contributed by atoms with E-state index in [2.05, 4.69) is 39.3 Å². The third-order valence-corrected chi connectivity index (χ3v) is 6.28. The molecular weight excluding hydrogens is 418 g/mol. The van der Waals surface area contributed by atoms with Crippen molar-refractivity contribution in [2.75, 3.05) is 0 Å². The van der Waals surface area contributed by atoms with Gasteiger partial charge in [0.1, 0.15) is 0 Å². The van der Waals surface area contributed by atoms with Crippen LogP contribution in [0.2, 0.25) is 0 Å². The number of hydrogen-bond acceptors (Lipinski definition) is 3. The average Bonchev–Trinajstić information content (AvgIpc) is 3.06. The summed E-state index contributed by atoms with van der Waals surface area (Å²) in [5.74, 6) is 0.0674. The number of carbonyl (C=O) groups excluding carboxylic acids is 1. The molecule has 1 aromatic heterocycles. The molecular formula is C23H18BrNOS. The molecule has 0 fully saturated rings. The van der Waals surface area contributed by atoms with Crippen LogP contribution in [0.25, 0.3) is 11.1 Å². The average molecular weight is 436 g/mol. The fourth-order valence-corrected chi connectivity index (χ4v) is 4.53. The number of halogens is 1. The lowest BCUT2D eigenvalue weighted by Gasteiger charge is -2.04. The number of benzene rings is 1. The number of hydrogen-bond donors (Lipinski definition) is 0. The Bertz CT molecular complexity index is 1100. The highest BCUT2D eigenvalue weighted by Crippen LogP contribution is 2.38. The molecule has 0 saturated heterocycles. The van der Waals surface area contributed by atoms with Crippen LogP contribution in [-0.2, 0) is 6.42 Å². The van der Waals surface area contributed by atoms with E-state index >= 15 is 0 Å². The van der Waals surface area contributed by atoms with Gasteiger partial charge < -0.3 is 0 Å². The minimum absolute atomic E-state index is 0.0674. The second-order valence-corrected chi connectivity index (χ2v) is 8.47. The molecule has 0 atom stereocenters. The standard InChI is InChI=1S/C23H18BrNOS/c1-14-13-27-21(25-14)12-20-15(2)22(19-7-5-3-4-6-18(19)20)23(26)16-8-10-17(24)11-9-16/h3-11,13H,12H2,1-2H3. The summed E-state index contributed by atoms with van der Waals surface area (Å²) in [6.07, 6.45) is 0.748. The van der Waals surface area contributed by atoms with Crippen LogP contribution in [0.15, 0.2) is 64.5 Å². The monoisotopic (exact) mass is 435 g/mol. The van der Waals surface area contributed by atoms with Crippen LogP contribution in [-0.4, -0.2) is 10.8 Å². The molecule has 0 bridgehead atoms. The summed E-state index contributed by atoms with van der Waals surface area (Å²) in [5.41, 5.74) is 6.93. The van der Waals surface area contributed by atoms with E-state index in [1.54, 1.807) is 11.3 Å². The number of rotatable bonds is 4. The highest BCUT2D eigenvalue weighted by atomic mass is 79.9. The number of carbonyl (C=O) groups is 1. The molecule has 0 spiro atoms. The van der Waals surface area contributed by atoms with E-state index in [1.165, 1.54) is 5.56 Å². The van der Waals surface area contributed by atoms with E-state index in [0.29, 0.717) is 5.56 Å². The minimum atomic E-state index is 0.0674. The molecule has 0 saturated carbocycles. The van der Waals surface area contributed by atoms with Crippen LogP contribution in [0.3, 0.4) is 0 Å². The van der Waals surface area contributed by atoms with Crippen molar-refractivity contribution in [2.45, 2.75) is 20.3 Å². The van der Waals surface area contributed by atoms with Gasteiger partial charge in [-0.25, -0.2) is 4.98 Å². The normalized spacial score (nSPS) is 11.1. The fraction of sp³-hybridized carbons (Fsp3) is 0.130. The van der Waals surface area contributed by atoms with E-state index in [9.17, 15) is 4.79 Å². The molecule has 4 heteroatoms. The molecule has 2 aromatic rings. The Morgan fingerprint density at radius 1 is 1.00 bits per heavy atom. The van der Waals surface area contributed by atoms with Gasteiger partial charge in [0, 0.05) is 33.1 Å². The molecule has 0 N–H and O–H groups in total. The molecule has 0 unspecified atom stereocenters. The summed E-state index contributed by atoms with van der Waals surface area (Å²) in [7, 11) is 0. The van der Waals surface area contributed by atoms with Gasteiger partial charge in [-0.2, -0.15) is 0 Å². The third-order valence-electron chi connectivity index (χ3n) is 4.79. The largest absolute Gasteiger partial charge is 0.289 e. The van der Waals surface area contributed by atoms with Crippen LogP contribution >= 0.6 is 27.3 Å². The lowest BCUT2D eigenvalue weighted by Crippen LogP contribution is -2.03. The van der Waals surface area contributed by atoms with Gasteiger partial charge in [0.15, 0.2) is 5.78 Å². The van der Waals surface area contributed by atoms with Crippen molar-refractivity contribution in [3.05, 3.63) is 97.4 Å². The minimum Gasteiger partial charge on any atom is -0.289 e. The Morgan fingerprint density at radius 3 is 2.37 bits per heavy atom. The second kappa shape index (κ2) is 7.37. The van der Waals surface area contributed by atoms with Gasteiger partial charge in [-0.05, 0) is 60.4 Å². The lowest BCUT2D eigenvalue weighted by atomic mass is 9.99. The fourth-order valence-electron chi connectivity index (χ4n) is 3.48. The van der Waals surface area contributed by atoms with Gasteiger partial charge in [-0.1, -0.05) is 46.3 Å². The van der Waals surface area contributed by atoms with Crippen LogP contribution < -0.4 is 0 Å². The Kier molecular flexibility index (Phi) is 4.94. The zero-order valence-corrected chi connectivity index (χ0v) is 17.5. The molecule has 1 heterocycles. The third kappa shape index (κ3) is 3.47. The van der Waals surface area contributed by atoms with Crippen LogP contribution in [0.1, 0.15) is 37.7 Å². The van der Waals surface area contributed by atoms with Gasteiger partial charge in [-0.3, -0.25) is 4.79 Å². The first-order chi connectivity index (χ1) is 13.0. The summed E-state index contributed by atoms with van der Waals surface area (Å²) < 4.78 is 0.967. The maximum atomic E-state index is 13.3. The van der Waals surface area contributed by atoms with Crippen molar-refractivity contribution in [1.82, 2.24) is 4.98 Å². The zero-order chi connectivity index (χ0) is 19.0. The predicted octanol–water partition coefficient (Wildman–Crippen LogP) is 6.45. The number of ketones is 1. The van der Waals surface area contributed by atoms with E-state index in [-0.39, 0.29) is 5.78 Å². The highest BCUT2D eigenvalue weighted by molar-refractivity contribution is 9.10. The quantitative estimate of drug-likeness (QED) is 0.344. The van der Waals surface area contributed by atoms with Gasteiger partial charge in [0.05, 0.1) is 5.01 Å². The topological polar surface area (TPSA) is 30.0 Å². The first-order valence-corrected chi connectivity index (χ1v) is 10.4. The Morgan fingerprint density at radius 2 is 1.70 bits per heavy atom. The van der Waals surface area contributed by atoms with Gasteiger partial charge in [0.2, 0.25) is 0 Å². The molecule has 134 valence electrons. The van der Waals surface area contributed by atoms with E-state index in [1.807, 2.05) is 55.5 Å². The first kappa shape index (κ1) is 18.1. The van der Waals surface area contributed by atoms with Crippen LogP contribution in [0.4, 0.5) is 0 Å². The summed E-state index contributed by atoms with van der Waals surface area (Å²) in [5, 5.41) is 3.15. The molecule has 0 amide bonds. The van der Waals surface area contributed by atoms with Crippen molar-refractivity contribution in [3.8, 4) is 11.1 Å². The second-order valence-electron chi connectivity index (χ2n) is 6.61. The maximum absolute atomic E-state index is 13.3. The predicted molar refractivity (Wildman–Crippen MR) is 115 cm³/mol. The van der Waals surface area contributed by atoms with Gasteiger partial charge in [0.25, 0.3) is 0 Å². The van der Waals surface area contributed by atoms with Crippen molar-refractivity contribution in [2.24, 2.45) is 0 Å². The molecule has 27 heavy (non-hydrogen) atoms. The van der Waals surface area contributed by atoms with Crippen molar-refractivity contribution in [3.63, 3.8) is 0 Å². The number of nitrogens with zero attached hydrogens (tertiary/aromatic N) is 1. The lowest BCUT2D eigenvalue weighted by molar-refractivity contribution is 0.103. The molecule has 2 aliphatic carbocycles. The van der Waals surface area contributed by atoms with Crippen LogP contribution in [0.5, 0.6) is 0 Å². The Hall–Kier alpha value is -2.30. The number of aromatic nitrogens is 1. The summed E-state index contributed by atoms with van der Waals surface area (Å²) in [6.45, 7) is 4.07. The maximum Gasteiger partial charge on any atom is 0.193 e.